The molecule has 0 saturated carbocycles. The molecule has 0 N–H and O–H groups in total. The van der Waals surface area contributed by atoms with Gasteiger partial charge in [-0.2, -0.15) is 0 Å². The SMILES string of the molecule is CC1=CC=[C]([Zr]([O]c2ccc(F)cc2)([O]c2ccc(F)cc2)([C]2=C(C)C=C(C)C2)=[Si](C)C)C1. The molecular formula is C27H30F2O2SiZr. The maximum absolute atomic E-state index is 13.8. The fourth-order valence-electron chi connectivity index (χ4n) is 5.17. The van der Waals surface area contributed by atoms with Crippen LogP contribution in [0.15, 0.2) is 90.0 Å². The van der Waals surface area contributed by atoms with E-state index in [4.69, 9.17) is 5.63 Å². The van der Waals surface area contributed by atoms with Crippen LogP contribution in [0.1, 0.15) is 33.6 Å². The molecule has 2 aliphatic rings. The Labute approximate surface area is 197 Å². The number of allylic oxidation sites excluding steroid dienone is 8. The van der Waals surface area contributed by atoms with Crippen molar-refractivity contribution in [3.63, 3.8) is 0 Å². The normalized spacial score (nSPS) is 16.4. The van der Waals surface area contributed by atoms with Gasteiger partial charge in [-0.3, -0.25) is 0 Å². The van der Waals surface area contributed by atoms with Crippen LogP contribution in [0.2, 0.25) is 13.1 Å². The summed E-state index contributed by atoms with van der Waals surface area (Å²) in [6.45, 7) is 10.9. The molecule has 2 nitrogen and oxygen atoms in total. The van der Waals surface area contributed by atoms with Gasteiger partial charge in [0.15, 0.2) is 0 Å². The molecule has 0 spiro atoms. The van der Waals surface area contributed by atoms with Gasteiger partial charge in [0.2, 0.25) is 0 Å². The Hall–Kier alpha value is -2.04. The number of hydrogen-bond acceptors (Lipinski definition) is 2. The van der Waals surface area contributed by atoms with Crippen molar-refractivity contribution in [2.75, 3.05) is 0 Å². The van der Waals surface area contributed by atoms with Crippen LogP contribution < -0.4 is 5.63 Å². The van der Waals surface area contributed by atoms with E-state index in [1.165, 1.54) is 47.5 Å². The maximum atomic E-state index is 13.8. The third kappa shape index (κ3) is 4.17. The molecule has 0 radical (unpaired) electrons. The van der Waals surface area contributed by atoms with Gasteiger partial charge in [0.05, 0.1) is 0 Å². The van der Waals surface area contributed by atoms with Crippen LogP contribution in [0, 0.1) is 11.6 Å². The molecule has 0 fully saturated rings. The zero-order valence-electron chi connectivity index (χ0n) is 19.8. The molecule has 2 aromatic carbocycles. The van der Waals surface area contributed by atoms with E-state index in [2.05, 4.69) is 52.1 Å². The summed E-state index contributed by atoms with van der Waals surface area (Å²) in [6.07, 6.45) is 8.16. The third-order valence-electron chi connectivity index (χ3n) is 6.73. The summed E-state index contributed by atoms with van der Waals surface area (Å²) in [5.74, 6) is 0.624. The Bertz CT molecular complexity index is 1240. The van der Waals surface area contributed by atoms with Crippen LogP contribution >= 0.6 is 0 Å². The summed E-state index contributed by atoms with van der Waals surface area (Å²) >= 11 is -5.03. The minimum atomic E-state index is -5.03. The van der Waals surface area contributed by atoms with Gasteiger partial charge in [-0.15, -0.1) is 0 Å². The van der Waals surface area contributed by atoms with E-state index in [1.807, 2.05) is 0 Å². The summed E-state index contributed by atoms with van der Waals surface area (Å²) in [7, 11) is 0. The third-order valence-corrected chi connectivity index (χ3v) is 37.7. The summed E-state index contributed by atoms with van der Waals surface area (Å²) in [4.78, 5) is 0. The van der Waals surface area contributed by atoms with Gasteiger partial charge in [0.1, 0.15) is 0 Å². The second-order valence-electron chi connectivity index (χ2n) is 9.39. The van der Waals surface area contributed by atoms with Gasteiger partial charge in [0, 0.05) is 0 Å². The molecule has 6 heteroatoms. The Morgan fingerprint density at radius 3 is 1.61 bits per heavy atom. The molecule has 33 heavy (non-hydrogen) atoms. The number of rotatable bonds is 6. The van der Waals surface area contributed by atoms with Gasteiger partial charge in [0.25, 0.3) is 0 Å². The monoisotopic (exact) mass is 542 g/mol. The average Bonchev–Trinajstić information content (AvgIpc) is 3.36. The Kier molecular flexibility index (Phi) is 6.54. The van der Waals surface area contributed by atoms with Crippen LogP contribution in [0.5, 0.6) is 11.5 Å². The molecule has 0 saturated heterocycles. The molecule has 0 aliphatic heterocycles. The van der Waals surface area contributed by atoms with Crippen molar-refractivity contribution >= 4 is 5.43 Å². The molecular weight excluding hydrogens is 514 g/mol. The molecule has 0 amide bonds. The van der Waals surface area contributed by atoms with E-state index in [9.17, 15) is 8.78 Å². The first-order valence-electron chi connectivity index (χ1n) is 11.2. The van der Waals surface area contributed by atoms with E-state index in [1.54, 1.807) is 24.3 Å². The Morgan fingerprint density at radius 1 is 0.727 bits per heavy atom. The number of benzene rings is 2. The first-order chi connectivity index (χ1) is 15.6. The second kappa shape index (κ2) is 8.96. The van der Waals surface area contributed by atoms with E-state index in [0.717, 1.165) is 12.8 Å². The zero-order valence-corrected chi connectivity index (χ0v) is 23.3. The molecule has 0 bridgehead atoms. The van der Waals surface area contributed by atoms with Crippen LogP contribution in [0.4, 0.5) is 8.78 Å². The number of hydrogen-bond donors (Lipinski definition) is 0. The van der Waals surface area contributed by atoms with Gasteiger partial charge >= 0.3 is 198 Å². The van der Waals surface area contributed by atoms with E-state index < -0.39 is 23.7 Å². The fraction of sp³-hybridized carbons (Fsp3) is 0.259. The molecule has 2 aromatic rings. The predicted octanol–water partition coefficient (Wildman–Crippen LogP) is 8.05. The zero-order chi connectivity index (χ0) is 23.8. The molecule has 0 atom stereocenters. The van der Waals surface area contributed by atoms with Gasteiger partial charge in [-0.05, 0) is 0 Å². The standard InChI is InChI=1S/C7H9.2C6H5FO.C6H7.C2H6Si.Zr/c1-6-3-4-7(2)5-6;2*7-5-1-3-6(8)4-2-5;1-6-4-2-3-5-6;1-3-2;/h5H,3H2,1-2H3;2*1-4,8H;2,4H,5H2,1H3;1-2H3;/q;;;;;+2/p-2. The van der Waals surface area contributed by atoms with Crippen LogP contribution in [0.25, 0.3) is 0 Å². The first-order valence-corrected chi connectivity index (χ1v) is 21.9. The van der Waals surface area contributed by atoms with Gasteiger partial charge in [-0.25, -0.2) is 0 Å². The van der Waals surface area contributed by atoms with Crippen molar-refractivity contribution in [1.29, 1.82) is 0 Å². The van der Waals surface area contributed by atoms with E-state index in [0.29, 0.717) is 11.5 Å². The minimum absolute atomic E-state index is 0.304. The van der Waals surface area contributed by atoms with Crippen LogP contribution in [-0.4, -0.2) is 5.43 Å². The van der Waals surface area contributed by atoms with E-state index >= 15 is 0 Å². The fourth-order valence-corrected chi connectivity index (χ4v) is 34.1. The van der Waals surface area contributed by atoms with Crippen molar-refractivity contribution in [2.24, 2.45) is 0 Å². The first kappa shape index (κ1) is 24.1. The van der Waals surface area contributed by atoms with E-state index in [-0.39, 0.29) is 11.6 Å². The molecule has 0 heterocycles. The Balaban J connectivity index is 2.07. The molecule has 0 unspecified atom stereocenters. The summed E-state index contributed by atoms with van der Waals surface area (Å²) < 4.78 is 44.6. The van der Waals surface area contributed by atoms with Crippen molar-refractivity contribution in [3.05, 3.63) is 102 Å². The topological polar surface area (TPSA) is 18.5 Å². The van der Waals surface area contributed by atoms with Crippen molar-refractivity contribution in [1.82, 2.24) is 0 Å². The molecule has 2 aliphatic carbocycles. The number of halogens is 2. The van der Waals surface area contributed by atoms with Gasteiger partial charge < -0.3 is 0 Å². The second-order valence-corrected chi connectivity index (χ2v) is 33.5. The summed E-state index contributed by atoms with van der Waals surface area (Å²) in [5.41, 5.74) is 2.47. The van der Waals surface area contributed by atoms with Crippen LogP contribution in [-0.2, 0) is 18.3 Å². The average molecular weight is 544 g/mol. The quantitative estimate of drug-likeness (QED) is 0.343. The van der Waals surface area contributed by atoms with Gasteiger partial charge in [-0.1, -0.05) is 0 Å². The van der Waals surface area contributed by atoms with Crippen molar-refractivity contribution < 1.29 is 32.7 Å². The Morgan fingerprint density at radius 2 is 1.24 bits per heavy atom. The molecule has 4 rings (SSSR count). The molecule has 172 valence electrons. The molecule has 0 aromatic heterocycles. The van der Waals surface area contributed by atoms with Crippen LogP contribution in [0.3, 0.4) is 0 Å². The van der Waals surface area contributed by atoms with Crippen molar-refractivity contribution in [3.8, 4) is 11.5 Å². The van der Waals surface area contributed by atoms with Crippen molar-refractivity contribution in [2.45, 2.75) is 46.7 Å². The predicted molar refractivity (Wildman–Crippen MR) is 129 cm³/mol. The summed E-state index contributed by atoms with van der Waals surface area (Å²) in [6, 6.07) is 12.5. The summed E-state index contributed by atoms with van der Waals surface area (Å²) in [5, 5.41) is 0.